The van der Waals surface area contributed by atoms with Crippen LogP contribution in [0.25, 0.3) is 6.08 Å². The van der Waals surface area contributed by atoms with Gasteiger partial charge in [-0.2, -0.15) is 0 Å². The Bertz CT molecular complexity index is 1880. The van der Waals surface area contributed by atoms with Crippen molar-refractivity contribution in [3.63, 3.8) is 0 Å². The van der Waals surface area contributed by atoms with Crippen LogP contribution in [0.3, 0.4) is 0 Å². The minimum Gasteiger partial charge on any atom is -0.492 e. The first-order valence-corrected chi connectivity index (χ1v) is 16.1. The van der Waals surface area contributed by atoms with Crippen LogP contribution in [-0.4, -0.2) is 24.3 Å². The van der Waals surface area contributed by atoms with Gasteiger partial charge in [-0.25, -0.2) is 0 Å². The summed E-state index contributed by atoms with van der Waals surface area (Å²) in [6, 6.07) is 40.5. The van der Waals surface area contributed by atoms with E-state index in [9.17, 15) is 14.4 Å². The average molecular weight is 642 g/mol. The van der Waals surface area contributed by atoms with Crippen LogP contribution in [0.2, 0.25) is 0 Å². The van der Waals surface area contributed by atoms with Crippen LogP contribution in [0.1, 0.15) is 39.2 Å². The molecule has 5 aromatic rings. The van der Waals surface area contributed by atoms with E-state index in [0.29, 0.717) is 29.3 Å². The van der Waals surface area contributed by atoms with E-state index in [1.807, 2.05) is 117 Å². The molecule has 47 heavy (non-hydrogen) atoms. The topological polar surface area (TPSA) is 96.5 Å². The van der Waals surface area contributed by atoms with Gasteiger partial charge in [-0.3, -0.25) is 14.4 Å². The highest BCUT2D eigenvalue weighted by atomic mass is 32.2. The maximum atomic E-state index is 13.7. The van der Waals surface area contributed by atoms with Crippen LogP contribution in [-0.2, 0) is 9.59 Å². The van der Waals surface area contributed by atoms with Crippen LogP contribution in [0.15, 0.2) is 144 Å². The molecule has 0 saturated carbocycles. The third-order valence-corrected chi connectivity index (χ3v) is 8.40. The molecule has 5 aromatic carbocycles. The fraction of sp³-hybridized carbons (Fsp3) is 0.103. The summed E-state index contributed by atoms with van der Waals surface area (Å²) in [7, 11) is 0. The third kappa shape index (κ3) is 8.99. The van der Waals surface area contributed by atoms with E-state index in [1.165, 1.54) is 11.8 Å². The van der Waals surface area contributed by atoms with Gasteiger partial charge < -0.3 is 20.7 Å². The third-order valence-electron chi connectivity index (χ3n) is 7.15. The van der Waals surface area contributed by atoms with Gasteiger partial charge in [-0.1, -0.05) is 91.0 Å². The molecule has 7 nitrogen and oxygen atoms in total. The van der Waals surface area contributed by atoms with Crippen molar-refractivity contribution in [1.82, 2.24) is 5.32 Å². The summed E-state index contributed by atoms with van der Waals surface area (Å²) in [5.41, 5.74) is 4.22. The summed E-state index contributed by atoms with van der Waals surface area (Å²) < 4.78 is 5.71. The number of aryl methyl sites for hydroxylation is 1. The molecule has 1 atom stereocenters. The number of benzene rings is 5. The summed E-state index contributed by atoms with van der Waals surface area (Å²) in [4.78, 5) is 41.2. The van der Waals surface area contributed by atoms with Crippen molar-refractivity contribution >= 4 is 46.9 Å². The molecule has 0 bridgehead atoms. The molecular formula is C39H35N3O4S. The smallest absolute Gasteiger partial charge is 0.272 e. The zero-order valence-electron chi connectivity index (χ0n) is 26.1. The lowest BCUT2D eigenvalue weighted by molar-refractivity contribution is -0.116. The summed E-state index contributed by atoms with van der Waals surface area (Å²) in [5.74, 6) is -0.495. The molecule has 5 rings (SSSR count). The van der Waals surface area contributed by atoms with Gasteiger partial charge in [-0.15, -0.1) is 11.8 Å². The Balaban J connectivity index is 1.38. The summed E-state index contributed by atoms with van der Waals surface area (Å²) in [5, 5.41) is 8.16. The van der Waals surface area contributed by atoms with Gasteiger partial charge >= 0.3 is 0 Å². The molecule has 0 aliphatic rings. The molecule has 1 unspecified atom stereocenters. The minimum atomic E-state index is -0.599. The predicted octanol–water partition coefficient (Wildman–Crippen LogP) is 8.28. The molecule has 0 aliphatic heterocycles. The number of rotatable bonds is 12. The lowest BCUT2D eigenvalue weighted by atomic mass is 10.1. The number of para-hydroxylation sites is 2. The van der Waals surface area contributed by atoms with E-state index >= 15 is 0 Å². The largest absolute Gasteiger partial charge is 0.492 e. The Kier molecular flexibility index (Phi) is 11.2. The molecule has 3 amide bonds. The molecule has 236 valence electrons. The van der Waals surface area contributed by atoms with E-state index in [2.05, 4.69) is 16.0 Å². The summed E-state index contributed by atoms with van der Waals surface area (Å²) in [6.45, 7) is 4.31. The van der Waals surface area contributed by atoms with Crippen LogP contribution in [0, 0.1) is 6.92 Å². The number of amides is 3. The van der Waals surface area contributed by atoms with Gasteiger partial charge in [0.2, 0.25) is 5.91 Å². The maximum absolute atomic E-state index is 13.7. The van der Waals surface area contributed by atoms with Crippen molar-refractivity contribution in [3.8, 4) is 5.75 Å². The molecule has 0 spiro atoms. The number of nitrogens with one attached hydrogen (secondary N) is 3. The Morgan fingerprint density at radius 2 is 1.45 bits per heavy atom. The number of thioether (sulfide) groups is 1. The molecule has 0 radical (unpaired) electrons. The number of carbonyl (C=O) groups excluding carboxylic acids is 3. The first-order chi connectivity index (χ1) is 22.9. The maximum Gasteiger partial charge on any atom is 0.272 e. The van der Waals surface area contributed by atoms with Crippen molar-refractivity contribution in [2.75, 3.05) is 17.2 Å². The van der Waals surface area contributed by atoms with Gasteiger partial charge in [0.05, 0.1) is 12.3 Å². The van der Waals surface area contributed by atoms with Crippen LogP contribution >= 0.6 is 11.8 Å². The van der Waals surface area contributed by atoms with Crippen molar-refractivity contribution in [1.29, 1.82) is 0 Å². The lowest BCUT2D eigenvalue weighted by Crippen LogP contribution is -2.30. The Morgan fingerprint density at radius 1 is 0.766 bits per heavy atom. The van der Waals surface area contributed by atoms with Gasteiger partial charge in [0, 0.05) is 16.1 Å². The fourth-order valence-corrected chi connectivity index (χ4v) is 5.86. The zero-order valence-corrected chi connectivity index (χ0v) is 26.9. The van der Waals surface area contributed by atoms with Crippen LogP contribution < -0.4 is 20.7 Å². The van der Waals surface area contributed by atoms with E-state index in [1.54, 1.807) is 36.4 Å². The number of hydrogen-bond donors (Lipinski definition) is 3. The summed E-state index contributed by atoms with van der Waals surface area (Å²) in [6.07, 6.45) is 1.67. The van der Waals surface area contributed by atoms with Crippen LogP contribution in [0.5, 0.6) is 5.75 Å². The second kappa shape index (κ2) is 16.1. The molecule has 0 heterocycles. The molecule has 0 saturated heterocycles. The average Bonchev–Trinajstić information content (AvgIpc) is 3.09. The van der Waals surface area contributed by atoms with Crippen molar-refractivity contribution in [2.45, 2.75) is 24.0 Å². The second-order valence-corrected chi connectivity index (χ2v) is 11.7. The Morgan fingerprint density at radius 3 is 2.19 bits per heavy atom. The Hall–Kier alpha value is -5.60. The molecular weight excluding hydrogens is 607 g/mol. The minimum absolute atomic E-state index is 0.0979. The van der Waals surface area contributed by atoms with Crippen molar-refractivity contribution in [2.24, 2.45) is 0 Å². The Labute approximate surface area is 279 Å². The SMILES string of the molecule is CCOc1ccccc1NC(=O)C(Sc1cccc(NC(=O)/C(=C/c2ccccc2C)NC(=O)c2ccccc2)c1)c1ccccc1. The molecule has 8 heteroatoms. The molecule has 0 aromatic heterocycles. The monoisotopic (exact) mass is 641 g/mol. The fourth-order valence-electron chi connectivity index (χ4n) is 4.78. The molecule has 0 fully saturated rings. The highest BCUT2D eigenvalue weighted by molar-refractivity contribution is 8.00. The normalized spacial score (nSPS) is 11.7. The predicted molar refractivity (Wildman–Crippen MR) is 189 cm³/mol. The van der Waals surface area contributed by atoms with Gasteiger partial charge in [0.1, 0.15) is 16.7 Å². The number of hydrogen-bond acceptors (Lipinski definition) is 5. The van der Waals surface area contributed by atoms with E-state index in [0.717, 1.165) is 21.6 Å². The second-order valence-electron chi connectivity index (χ2n) is 10.5. The van der Waals surface area contributed by atoms with Crippen molar-refractivity contribution < 1.29 is 19.1 Å². The van der Waals surface area contributed by atoms with Gasteiger partial charge in [0.15, 0.2) is 0 Å². The van der Waals surface area contributed by atoms with E-state index < -0.39 is 17.1 Å². The first-order valence-electron chi connectivity index (χ1n) is 15.2. The zero-order chi connectivity index (χ0) is 33.0. The number of ether oxygens (including phenoxy) is 1. The van der Waals surface area contributed by atoms with Crippen LogP contribution in [0.4, 0.5) is 11.4 Å². The number of anilines is 2. The molecule has 0 aliphatic carbocycles. The van der Waals surface area contributed by atoms with Gasteiger partial charge in [-0.05, 0) is 79.1 Å². The summed E-state index contributed by atoms with van der Waals surface area (Å²) >= 11 is 1.36. The van der Waals surface area contributed by atoms with Crippen molar-refractivity contribution in [3.05, 3.63) is 161 Å². The quantitative estimate of drug-likeness (QED) is 0.0941. The molecule has 3 N–H and O–H groups in total. The number of carbonyl (C=O) groups is 3. The standard InChI is InChI=1S/C39H35N3O4S/c1-3-46-35-24-13-12-23-33(35)41-39(45)36(28-16-6-4-7-17-28)47-32-22-14-21-31(26-32)40-38(44)34(25-30-20-11-10-15-27(30)2)42-37(43)29-18-8-5-9-19-29/h4-26,36H,3H2,1-2H3,(H,40,44)(H,41,45)(H,42,43)/b34-25-. The highest BCUT2D eigenvalue weighted by Crippen LogP contribution is 2.38. The first kappa shape index (κ1) is 32.8. The highest BCUT2D eigenvalue weighted by Gasteiger charge is 2.24. The van der Waals surface area contributed by atoms with Gasteiger partial charge in [0.25, 0.3) is 11.8 Å². The lowest BCUT2D eigenvalue weighted by Gasteiger charge is -2.19. The van der Waals surface area contributed by atoms with E-state index in [-0.39, 0.29) is 11.6 Å². The van der Waals surface area contributed by atoms with E-state index in [4.69, 9.17) is 4.74 Å².